The van der Waals surface area contributed by atoms with E-state index < -0.39 is 0 Å². The molecule has 0 aliphatic heterocycles. The normalized spacial score (nSPS) is 19.6. The molecule has 3 aliphatic carbocycles. The van der Waals surface area contributed by atoms with Gasteiger partial charge in [-0.2, -0.15) is 0 Å². The average Bonchev–Trinajstić information content (AvgIpc) is 3.06. The lowest BCUT2D eigenvalue weighted by Crippen LogP contribution is -2.40. The first-order valence-corrected chi connectivity index (χ1v) is 18.2. The molecule has 264 valence electrons. The molecule has 3 heteroatoms. The Bertz CT molecular complexity index is 985. The second-order valence-electron chi connectivity index (χ2n) is 12.0. The van der Waals surface area contributed by atoms with E-state index in [1.807, 2.05) is 55.4 Å². The summed E-state index contributed by atoms with van der Waals surface area (Å²) in [7, 11) is 4.71. The summed E-state index contributed by atoms with van der Waals surface area (Å²) >= 11 is 0. The zero-order chi connectivity index (χ0) is 36.2. The number of hydrogen-bond donors (Lipinski definition) is 0. The largest absolute Gasteiger partial charge is 0.370 e. The molecule has 0 aromatic heterocycles. The highest BCUT2D eigenvalue weighted by Gasteiger charge is 2.34. The zero-order valence-electron chi connectivity index (χ0n) is 32.9. The lowest BCUT2D eigenvalue weighted by Gasteiger charge is -2.45. The molecule has 4 rings (SSSR count). The van der Waals surface area contributed by atoms with Crippen molar-refractivity contribution in [2.45, 2.75) is 153 Å². The SMILES string of the molecule is C#CC.C=C(C)C.C=C(C)F.CC.CC.CC.CC1CCC(N(C)C2=C3CCCCC3CC=C2N(C)C(C)c2ccccc2)CC1. The second-order valence-corrected chi connectivity index (χ2v) is 12.0. The van der Waals surface area contributed by atoms with Crippen molar-refractivity contribution in [2.24, 2.45) is 11.8 Å². The van der Waals surface area contributed by atoms with E-state index in [4.69, 9.17) is 0 Å². The molecule has 2 saturated carbocycles. The van der Waals surface area contributed by atoms with Crippen LogP contribution in [-0.2, 0) is 0 Å². The number of fused-ring (bicyclic) bond motifs is 1. The quantitative estimate of drug-likeness (QED) is 0.234. The highest BCUT2D eigenvalue weighted by atomic mass is 19.1. The minimum Gasteiger partial charge on any atom is -0.370 e. The zero-order valence-corrected chi connectivity index (χ0v) is 32.9. The van der Waals surface area contributed by atoms with Crippen molar-refractivity contribution >= 4 is 0 Å². The van der Waals surface area contributed by atoms with Gasteiger partial charge in [0.2, 0.25) is 0 Å². The van der Waals surface area contributed by atoms with Gasteiger partial charge in [0.25, 0.3) is 0 Å². The molecule has 0 heterocycles. The molecule has 46 heavy (non-hydrogen) atoms. The van der Waals surface area contributed by atoms with Gasteiger partial charge >= 0.3 is 0 Å². The molecule has 0 bridgehead atoms. The predicted molar refractivity (Wildman–Crippen MR) is 208 cm³/mol. The van der Waals surface area contributed by atoms with Crippen LogP contribution in [0.2, 0.25) is 0 Å². The van der Waals surface area contributed by atoms with E-state index in [2.05, 4.69) is 99.7 Å². The van der Waals surface area contributed by atoms with Gasteiger partial charge in [-0.1, -0.05) is 103 Å². The Morgan fingerprint density at radius 1 is 0.891 bits per heavy atom. The minimum atomic E-state index is -0.333. The molecule has 0 N–H and O–H groups in total. The summed E-state index contributed by atoms with van der Waals surface area (Å²) in [6.07, 6.45) is 19.3. The monoisotopic (exact) mass is 639 g/mol. The Morgan fingerprint density at radius 2 is 1.35 bits per heavy atom. The maximum absolute atomic E-state index is 10.8. The number of allylic oxidation sites excluding steroid dienone is 4. The Morgan fingerprint density at radius 3 is 1.80 bits per heavy atom. The molecule has 2 nitrogen and oxygen atoms in total. The molecule has 2 atom stereocenters. The molecule has 1 aromatic rings. The number of terminal acetylenes is 1. The Hall–Kier alpha value is -2.73. The summed E-state index contributed by atoms with van der Waals surface area (Å²) in [5.41, 5.74) is 7.41. The van der Waals surface area contributed by atoms with Gasteiger partial charge in [-0.15, -0.1) is 18.9 Å². The number of halogens is 1. The van der Waals surface area contributed by atoms with Crippen molar-refractivity contribution in [3.05, 3.63) is 83.5 Å². The number of nitrogens with zero attached hydrogens (tertiary/aromatic N) is 2. The van der Waals surface area contributed by atoms with Gasteiger partial charge in [-0.25, -0.2) is 4.39 Å². The fourth-order valence-corrected chi connectivity index (χ4v) is 5.87. The van der Waals surface area contributed by atoms with E-state index in [9.17, 15) is 4.39 Å². The second kappa shape index (κ2) is 29.7. The fraction of sp³-hybridized carbons (Fsp3) is 0.628. The van der Waals surface area contributed by atoms with E-state index in [1.165, 1.54) is 81.5 Å². The third kappa shape index (κ3) is 19.1. The Kier molecular flexibility index (Phi) is 30.7. The summed E-state index contributed by atoms with van der Waals surface area (Å²) < 4.78 is 10.8. The van der Waals surface area contributed by atoms with Crippen molar-refractivity contribution in [3.63, 3.8) is 0 Å². The summed E-state index contributed by atoms with van der Waals surface area (Å²) in [5.74, 6) is 3.61. The van der Waals surface area contributed by atoms with Gasteiger partial charge in [-0.05, 0) is 109 Å². The minimum absolute atomic E-state index is 0.333. The lowest BCUT2D eigenvalue weighted by atomic mass is 9.76. The number of hydrogen-bond acceptors (Lipinski definition) is 2. The lowest BCUT2D eigenvalue weighted by molar-refractivity contribution is 0.190. The maximum Gasteiger partial charge on any atom is 0.0897 e. The molecular formula is C43H75FN2. The Balaban J connectivity index is -0.000000920. The van der Waals surface area contributed by atoms with Gasteiger partial charge < -0.3 is 9.80 Å². The highest BCUT2D eigenvalue weighted by molar-refractivity contribution is 5.40. The van der Waals surface area contributed by atoms with Crippen LogP contribution in [0.1, 0.15) is 152 Å². The standard InChI is InChI=1S/C27H40N2.C4H8.C3H5F.C3H4.3C2H6/c1-20-14-17-24(18-15-20)29(4)27-25-13-9-8-12-23(25)16-19-26(27)28(3)21(2)22-10-6-5-7-11-22;1-4(2)3;1-3(2)4;1-3-2;3*1-2/h5-7,10-11,19-21,23-24H,8-9,12-18H2,1-4H3;1H2,2-3H3;1H2,2H3;1H,2H3;3*1-2H3. The first-order valence-electron chi connectivity index (χ1n) is 18.2. The third-order valence-corrected chi connectivity index (χ3v) is 8.01. The van der Waals surface area contributed by atoms with Crippen molar-refractivity contribution in [1.29, 1.82) is 0 Å². The molecule has 2 fully saturated rings. The van der Waals surface area contributed by atoms with E-state index in [1.54, 1.807) is 18.2 Å². The molecule has 0 saturated heterocycles. The molecule has 0 amide bonds. The van der Waals surface area contributed by atoms with Gasteiger partial charge in [0, 0.05) is 20.1 Å². The molecule has 0 spiro atoms. The van der Waals surface area contributed by atoms with Crippen LogP contribution in [0.15, 0.2) is 77.9 Å². The average molecular weight is 639 g/mol. The van der Waals surface area contributed by atoms with Crippen LogP contribution < -0.4 is 0 Å². The fourth-order valence-electron chi connectivity index (χ4n) is 5.87. The van der Waals surface area contributed by atoms with Crippen LogP contribution in [0, 0.1) is 24.2 Å². The molecule has 0 radical (unpaired) electrons. The smallest absolute Gasteiger partial charge is 0.0897 e. The van der Waals surface area contributed by atoms with Crippen molar-refractivity contribution < 1.29 is 4.39 Å². The van der Waals surface area contributed by atoms with E-state index >= 15 is 0 Å². The summed E-state index contributed by atoms with van der Waals surface area (Å²) in [6, 6.07) is 12.1. The maximum atomic E-state index is 10.8. The van der Waals surface area contributed by atoms with Crippen LogP contribution in [-0.4, -0.2) is 29.9 Å². The van der Waals surface area contributed by atoms with E-state index in [0.717, 1.165) is 11.8 Å². The predicted octanol–water partition coefficient (Wildman–Crippen LogP) is 13.7. The molecule has 2 unspecified atom stereocenters. The molecule has 3 aliphatic rings. The van der Waals surface area contributed by atoms with Crippen LogP contribution in [0.3, 0.4) is 0 Å². The van der Waals surface area contributed by atoms with Crippen molar-refractivity contribution in [2.75, 3.05) is 14.1 Å². The first kappa shape index (κ1) is 47.7. The summed E-state index contributed by atoms with van der Waals surface area (Å²) in [4.78, 5) is 5.25. The van der Waals surface area contributed by atoms with Crippen LogP contribution >= 0.6 is 0 Å². The topological polar surface area (TPSA) is 6.48 Å². The van der Waals surface area contributed by atoms with Gasteiger partial charge in [0.05, 0.1) is 23.3 Å². The van der Waals surface area contributed by atoms with Gasteiger partial charge in [0.1, 0.15) is 0 Å². The Labute approximate surface area is 288 Å². The van der Waals surface area contributed by atoms with E-state index in [0.29, 0.717) is 12.1 Å². The summed E-state index contributed by atoms with van der Waals surface area (Å²) in [6.45, 7) is 30.1. The highest BCUT2D eigenvalue weighted by Crippen LogP contribution is 2.44. The van der Waals surface area contributed by atoms with Gasteiger partial charge in [-0.3, -0.25) is 0 Å². The van der Waals surface area contributed by atoms with E-state index in [-0.39, 0.29) is 5.83 Å². The number of rotatable bonds is 5. The van der Waals surface area contributed by atoms with Crippen LogP contribution in [0.5, 0.6) is 0 Å². The third-order valence-electron chi connectivity index (χ3n) is 8.01. The first-order chi connectivity index (χ1) is 21.9. The van der Waals surface area contributed by atoms with Crippen molar-refractivity contribution in [3.8, 4) is 12.3 Å². The van der Waals surface area contributed by atoms with Crippen LogP contribution in [0.25, 0.3) is 0 Å². The van der Waals surface area contributed by atoms with Crippen LogP contribution in [0.4, 0.5) is 4.39 Å². The number of benzene rings is 1. The van der Waals surface area contributed by atoms with Crippen molar-refractivity contribution in [1.82, 2.24) is 9.80 Å². The number of likely N-dealkylation sites (N-methyl/N-ethyl adjacent to an activating group) is 2. The summed E-state index contributed by atoms with van der Waals surface area (Å²) in [5, 5.41) is 0. The molecular weight excluding hydrogens is 563 g/mol. The van der Waals surface area contributed by atoms with Gasteiger partial charge in [0.15, 0.2) is 0 Å². The molecule has 1 aromatic carbocycles.